The molecule has 22 heavy (non-hydrogen) atoms. The first-order valence-electron chi connectivity index (χ1n) is 8.38. The first-order valence-corrected chi connectivity index (χ1v) is 8.38. The maximum absolute atomic E-state index is 5.94. The molecule has 0 bridgehead atoms. The molecule has 0 amide bonds. The molecule has 2 rings (SSSR count). The monoisotopic (exact) mass is 301 g/mol. The van der Waals surface area contributed by atoms with Crippen LogP contribution >= 0.6 is 0 Å². The summed E-state index contributed by atoms with van der Waals surface area (Å²) in [6, 6.07) is 8.75. The normalized spacial score (nSPS) is 17.9. The Balaban J connectivity index is 1.83. The van der Waals surface area contributed by atoms with Crippen LogP contribution in [0.15, 0.2) is 24.3 Å². The second kappa shape index (κ2) is 7.63. The zero-order valence-corrected chi connectivity index (χ0v) is 14.8. The highest BCUT2D eigenvalue weighted by atomic mass is 16.5. The van der Waals surface area contributed by atoms with Crippen LogP contribution in [-0.2, 0) is 11.2 Å². The number of hydrogen-bond acceptors (Lipinski definition) is 3. The van der Waals surface area contributed by atoms with E-state index < -0.39 is 0 Å². The van der Waals surface area contributed by atoms with Crippen LogP contribution in [0.5, 0.6) is 0 Å². The summed E-state index contributed by atoms with van der Waals surface area (Å²) in [5.41, 5.74) is 2.39. The summed E-state index contributed by atoms with van der Waals surface area (Å²) in [6.07, 6.45) is 0. The molecule has 1 aliphatic rings. The summed E-state index contributed by atoms with van der Waals surface area (Å²) in [7, 11) is 4.08. The fourth-order valence-corrected chi connectivity index (χ4v) is 2.32. The van der Waals surface area contributed by atoms with Gasteiger partial charge in [-0.25, -0.2) is 0 Å². The maximum atomic E-state index is 5.94. The number of hydrogen-bond donors (Lipinski definition) is 0. The van der Waals surface area contributed by atoms with E-state index in [4.69, 9.17) is 4.65 Å². The lowest BCUT2D eigenvalue weighted by Crippen LogP contribution is -2.43. The Morgan fingerprint density at radius 2 is 1.68 bits per heavy atom. The molecule has 1 aromatic rings. The van der Waals surface area contributed by atoms with Crippen molar-refractivity contribution >= 4 is 12.9 Å². The van der Waals surface area contributed by atoms with Crippen molar-refractivity contribution in [2.75, 3.05) is 33.2 Å². The van der Waals surface area contributed by atoms with E-state index in [9.17, 15) is 0 Å². The lowest BCUT2D eigenvalue weighted by Gasteiger charge is -2.32. The summed E-state index contributed by atoms with van der Waals surface area (Å²) < 4.78 is 5.94. The van der Waals surface area contributed by atoms with Crippen LogP contribution in [0.3, 0.4) is 0 Å². The minimum absolute atomic E-state index is 0.126. The zero-order valence-electron chi connectivity index (χ0n) is 14.8. The largest absolute Gasteiger partial charge is 0.429 e. The van der Waals surface area contributed by atoms with Gasteiger partial charge in [0.05, 0.1) is 0 Å². The van der Waals surface area contributed by atoms with Gasteiger partial charge >= 0.3 is 7.48 Å². The molecular formula is C18H30BN2O. The first-order chi connectivity index (χ1) is 10.4. The predicted molar refractivity (Wildman–Crippen MR) is 94.6 cm³/mol. The smallest absolute Gasteiger partial charge is 0.330 e. The lowest BCUT2D eigenvalue weighted by atomic mass is 9.84. The van der Waals surface area contributed by atoms with Gasteiger partial charge in [0, 0.05) is 38.3 Å². The minimum atomic E-state index is -0.126. The third-order valence-corrected chi connectivity index (χ3v) is 4.87. The van der Waals surface area contributed by atoms with E-state index >= 15 is 0 Å². The Morgan fingerprint density at radius 1 is 1.09 bits per heavy atom. The van der Waals surface area contributed by atoms with Crippen molar-refractivity contribution in [1.82, 2.24) is 9.80 Å². The van der Waals surface area contributed by atoms with E-state index in [0.717, 1.165) is 25.1 Å². The molecule has 0 N–H and O–H groups in total. The van der Waals surface area contributed by atoms with Gasteiger partial charge in [-0.15, -0.1) is 0 Å². The molecule has 0 atom stereocenters. The average molecular weight is 301 g/mol. The van der Waals surface area contributed by atoms with E-state index in [1.165, 1.54) is 18.7 Å². The quantitative estimate of drug-likeness (QED) is 0.749. The molecule has 0 aliphatic carbocycles. The predicted octanol–water partition coefficient (Wildman–Crippen LogP) is 2.13. The van der Waals surface area contributed by atoms with Gasteiger partial charge in [0.25, 0.3) is 0 Å². The van der Waals surface area contributed by atoms with Crippen LogP contribution in [0, 0.1) is 5.92 Å². The minimum Gasteiger partial charge on any atom is -0.429 e. The Kier molecular flexibility index (Phi) is 6.07. The van der Waals surface area contributed by atoms with Crippen LogP contribution in [0.1, 0.15) is 33.3 Å². The van der Waals surface area contributed by atoms with Crippen LogP contribution in [0.2, 0.25) is 0 Å². The first kappa shape index (κ1) is 17.5. The molecule has 4 heteroatoms. The molecule has 0 aromatic heterocycles. The molecule has 3 nitrogen and oxygen atoms in total. The second-order valence-corrected chi connectivity index (χ2v) is 7.31. The van der Waals surface area contributed by atoms with E-state index in [2.05, 4.69) is 68.8 Å². The molecule has 1 radical (unpaired) electrons. The Hall–Kier alpha value is -0.835. The average Bonchev–Trinajstić information content (AvgIpc) is 2.49. The molecule has 0 saturated carbocycles. The highest BCUT2D eigenvalue weighted by molar-refractivity contribution is 6.47. The van der Waals surface area contributed by atoms with Crippen molar-refractivity contribution in [1.29, 1.82) is 0 Å². The van der Waals surface area contributed by atoms with Crippen molar-refractivity contribution < 1.29 is 4.65 Å². The maximum Gasteiger partial charge on any atom is 0.330 e. The highest BCUT2D eigenvalue weighted by Crippen LogP contribution is 2.19. The van der Waals surface area contributed by atoms with E-state index in [-0.39, 0.29) is 5.60 Å². The molecule has 1 aromatic carbocycles. The number of piperazine rings is 1. The SMILES string of the molecule is CC(C)C(C)(C)O[B]c1ccc(CN2CCN(C)CC2)cc1. The third kappa shape index (κ3) is 5.11. The van der Waals surface area contributed by atoms with Gasteiger partial charge in [-0.05, 0) is 32.4 Å². The topological polar surface area (TPSA) is 15.7 Å². The molecular weight excluding hydrogens is 271 g/mol. The number of rotatable bonds is 6. The van der Waals surface area contributed by atoms with Crippen LogP contribution in [0.4, 0.5) is 0 Å². The van der Waals surface area contributed by atoms with Gasteiger partial charge < -0.3 is 9.55 Å². The van der Waals surface area contributed by atoms with Gasteiger partial charge in [-0.1, -0.05) is 43.6 Å². The van der Waals surface area contributed by atoms with Crippen molar-refractivity contribution in [3.8, 4) is 0 Å². The standard InChI is InChI=1S/C18H30BN2O/c1-15(2)18(3,4)22-19-17-8-6-16(7-9-17)14-21-12-10-20(5)11-13-21/h6-9,15H,10-14H2,1-5H3. The van der Waals surface area contributed by atoms with Gasteiger partial charge in [0.1, 0.15) is 0 Å². The van der Waals surface area contributed by atoms with Gasteiger partial charge in [0.2, 0.25) is 0 Å². The second-order valence-electron chi connectivity index (χ2n) is 7.31. The summed E-state index contributed by atoms with van der Waals surface area (Å²) in [5, 5.41) is 0. The number of likely N-dealkylation sites (N-methyl/N-ethyl adjacent to an activating group) is 1. The Bertz CT molecular complexity index is 451. The van der Waals surface area contributed by atoms with Crippen LogP contribution < -0.4 is 5.46 Å². The Labute approximate surface area is 136 Å². The number of benzene rings is 1. The summed E-state index contributed by atoms with van der Waals surface area (Å²) in [5.74, 6) is 0.486. The lowest BCUT2D eigenvalue weighted by molar-refractivity contribution is 0.0668. The van der Waals surface area contributed by atoms with E-state index in [0.29, 0.717) is 5.92 Å². The zero-order chi connectivity index (χ0) is 16.2. The summed E-state index contributed by atoms with van der Waals surface area (Å²) in [4.78, 5) is 4.92. The fourth-order valence-electron chi connectivity index (χ4n) is 2.32. The molecule has 121 valence electrons. The van der Waals surface area contributed by atoms with E-state index in [1.807, 2.05) is 7.48 Å². The molecule has 0 unspecified atom stereocenters. The van der Waals surface area contributed by atoms with Gasteiger partial charge in [0.15, 0.2) is 0 Å². The van der Waals surface area contributed by atoms with Crippen molar-refractivity contribution in [2.24, 2.45) is 5.92 Å². The van der Waals surface area contributed by atoms with Gasteiger partial charge in [-0.3, -0.25) is 4.90 Å². The molecule has 0 spiro atoms. The third-order valence-electron chi connectivity index (χ3n) is 4.87. The van der Waals surface area contributed by atoms with Crippen molar-refractivity contribution in [2.45, 2.75) is 39.8 Å². The molecule has 1 fully saturated rings. The van der Waals surface area contributed by atoms with Crippen LogP contribution in [0.25, 0.3) is 0 Å². The summed E-state index contributed by atoms with van der Waals surface area (Å²) in [6.45, 7) is 14.4. The van der Waals surface area contributed by atoms with Crippen molar-refractivity contribution in [3.63, 3.8) is 0 Å². The van der Waals surface area contributed by atoms with Crippen molar-refractivity contribution in [3.05, 3.63) is 29.8 Å². The number of nitrogens with zero attached hydrogens (tertiary/aromatic N) is 2. The summed E-state index contributed by atoms with van der Waals surface area (Å²) >= 11 is 0. The van der Waals surface area contributed by atoms with Gasteiger partial charge in [-0.2, -0.15) is 0 Å². The molecule has 1 saturated heterocycles. The van der Waals surface area contributed by atoms with E-state index in [1.54, 1.807) is 0 Å². The fraction of sp³-hybridized carbons (Fsp3) is 0.667. The highest BCUT2D eigenvalue weighted by Gasteiger charge is 2.22. The Morgan fingerprint density at radius 3 is 2.23 bits per heavy atom. The molecule has 1 aliphatic heterocycles. The van der Waals surface area contributed by atoms with Crippen LogP contribution in [-0.4, -0.2) is 56.1 Å². The molecule has 1 heterocycles.